The first kappa shape index (κ1) is 29.4. The minimum absolute atomic E-state index is 0.0726. The van der Waals surface area contributed by atoms with Crippen LogP contribution in [0.15, 0.2) is 18.2 Å². The lowest BCUT2D eigenvalue weighted by Crippen LogP contribution is -2.54. The maximum Gasteiger partial charge on any atom is 0.317 e. The van der Waals surface area contributed by atoms with Crippen molar-refractivity contribution >= 4 is 11.9 Å². The van der Waals surface area contributed by atoms with Gasteiger partial charge in [-0.3, -0.25) is 4.79 Å². The van der Waals surface area contributed by atoms with Crippen molar-refractivity contribution in [2.24, 2.45) is 11.8 Å². The molecule has 3 amide bonds. The van der Waals surface area contributed by atoms with E-state index in [2.05, 4.69) is 16.0 Å². The zero-order valence-electron chi connectivity index (χ0n) is 23.0. The average molecular weight is 519 g/mol. The van der Waals surface area contributed by atoms with Crippen LogP contribution in [-0.2, 0) is 10.4 Å². The van der Waals surface area contributed by atoms with Crippen LogP contribution in [0.25, 0.3) is 0 Å². The first-order valence-corrected chi connectivity index (χ1v) is 14.2. The van der Waals surface area contributed by atoms with Crippen LogP contribution in [0, 0.1) is 24.6 Å². The Hall–Kier alpha value is -2.19. The summed E-state index contributed by atoms with van der Waals surface area (Å²) in [5, 5.41) is 21.3. The molecule has 0 aromatic heterocycles. The highest BCUT2D eigenvalue weighted by Crippen LogP contribution is 2.40. The highest BCUT2D eigenvalue weighted by atomic mass is 19.1. The lowest BCUT2D eigenvalue weighted by Gasteiger charge is -2.43. The van der Waals surface area contributed by atoms with Crippen molar-refractivity contribution in [1.29, 1.82) is 0 Å². The van der Waals surface area contributed by atoms with Crippen LogP contribution in [0.1, 0.15) is 82.3 Å². The maximum atomic E-state index is 14.4. The molecule has 0 radical (unpaired) electrons. The molecule has 4 N–H and O–H groups in total. The summed E-state index contributed by atoms with van der Waals surface area (Å²) in [7, 11) is 1.92. The van der Waals surface area contributed by atoms with Crippen molar-refractivity contribution in [3.8, 4) is 0 Å². The van der Waals surface area contributed by atoms with Gasteiger partial charge in [0.1, 0.15) is 5.82 Å². The Bertz CT molecular complexity index is 872. The Morgan fingerprint density at radius 1 is 1.16 bits per heavy atom. The Kier molecular flexibility index (Phi) is 11.2. The average Bonchev–Trinajstić information content (AvgIpc) is 2.86. The number of nitrogens with zero attached hydrogens (tertiary/aromatic N) is 1. The molecule has 1 saturated heterocycles. The summed E-state index contributed by atoms with van der Waals surface area (Å²) in [5.74, 6) is -0.0636. The van der Waals surface area contributed by atoms with Gasteiger partial charge in [-0.05, 0) is 75.3 Å². The zero-order valence-corrected chi connectivity index (χ0v) is 23.0. The van der Waals surface area contributed by atoms with Crippen LogP contribution in [0.2, 0.25) is 0 Å². The van der Waals surface area contributed by atoms with Gasteiger partial charge in [0.2, 0.25) is 5.91 Å². The number of amides is 3. The smallest absolute Gasteiger partial charge is 0.317 e. The molecule has 2 aliphatic rings. The minimum Gasteiger partial charge on any atom is -0.385 e. The van der Waals surface area contributed by atoms with E-state index in [9.17, 15) is 19.1 Å². The molecule has 3 rings (SSSR count). The van der Waals surface area contributed by atoms with Crippen molar-refractivity contribution in [2.45, 2.75) is 89.7 Å². The molecule has 0 bridgehead atoms. The summed E-state index contributed by atoms with van der Waals surface area (Å²) in [4.78, 5) is 26.5. The Balaban J connectivity index is 1.71. The van der Waals surface area contributed by atoms with Gasteiger partial charge in [0.25, 0.3) is 0 Å². The van der Waals surface area contributed by atoms with E-state index >= 15 is 0 Å². The Morgan fingerprint density at radius 2 is 1.92 bits per heavy atom. The van der Waals surface area contributed by atoms with E-state index in [-0.39, 0.29) is 29.7 Å². The van der Waals surface area contributed by atoms with Crippen LogP contribution in [0.4, 0.5) is 9.18 Å². The molecule has 1 aliphatic carbocycles. The number of likely N-dealkylation sites (tertiary alicyclic amines) is 1. The molecule has 3 unspecified atom stereocenters. The molecule has 8 heteroatoms. The Labute approximate surface area is 222 Å². The van der Waals surface area contributed by atoms with Gasteiger partial charge in [0.05, 0.1) is 5.60 Å². The number of benzene rings is 1. The summed E-state index contributed by atoms with van der Waals surface area (Å²) in [6.45, 7) is 5.51. The van der Waals surface area contributed by atoms with Crippen LogP contribution in [-0.4, -0.2) is 61.2 Å². The topological polar surface area (TPSA) is 93.7 Å². The molecule has 7 nitrogen and oxygen atoms in total. The molecule has 1 saturated carbocycles. The zero-order chi connectivity index (χ0) is 26.8. The van der Waals surface area contributed by atoms with Gasteiger partial charge in [-0.25, -0.2) is 9.18 Å². The highest BCUT2D eigenvalue weighted by Gasteiger charge is 2.41. The molecule has 1 aromatic rings. The number of carbonyl (C=O) groups is 2. The number of aryl methyl sites for hydroxylation is 1. The molecule has 1 aromatic carbocycles. The molecule has 1 aliphatic heterocycles. The lowest BCUT2D eigenvalue weighted by molar-refractivity contribution is -0.119. The van der Waals surface area contributed by atoms with Gasteiger partial charge in [-0.2, -0.15) is 0 Å². The number of piperidine rings is 1. The molecule has 37 heavy (non-hydrogen) atoms. The van der Waals surface area contributed by atoms with E-state index in [4.69, 9.17) is 0 Å². The van der Waals surface area contributed by atoms with Crippen LogP contribution < -0.4 is 16.0 Å². The SMILES string of the molecule is CNCC(CC1CCCCC1)NC(=O)N1CCCC(C(O)(CCCNC(C)=O)c2cc(C)cc(F)c2)C1. The summed E-state index contributed by atoms with van der Waals surface area (Å²) in [5.41, 5.74) is 0.000255. The van der Waals surface area contributed by atoms with Gasteiger partial charge in [-0.15, -0.1) is 0 Å². The van der Waals surface area contributed by atoms with Gasteiger partial charge < -0.3 is 26.0 Å². The molecule has 0 spiro atoms. The number of urea groups is 1. The summed E-state index contributed by atoms with van der Waals surface area (Å²) in [6, 6.07) is 4.70. The summed E-state index contributed by atoms with van der Waals surface area (Å²) >= 11 is 0. The summed E-state index contributed by atoms with van der Waals surface area (Å²) < 4.78 is 14.4. The van der Waals surface area contributed by atoms with Crippen LogP contribution in [0.3, 0.4) is 0 Å². The number of rotatable bonds is 11. The second-order valence-corrected chi connectivity index (χ2v) is 11.3. The van der Waals surface area contributed by atoms with E-state index in [1.54, 1.807) is 0 Å². The van der Waals surface area contributed by atoms with Crippen molar-refractivity contribution in [1.82, 2.24) is 20.9 Å². The molecule has 2 fully saturated rings. The van der Waals surface area contributed by atoms with Gasteiger partial charge in [0.15, 0.2) is 0 Å². The molecule has 1 heterocycles. The monoisotopic (exact) mass is 518 g/mol. The van der Waals surface area contributed by atoms with E-state index in [0.717, 1.165) is 31.4 Å². The fourth-order valence-electron chi connectivity index (χ4n) is 6.27. The quantitative estimate of drug-likeness (QED) is 0.330. The molecule has 208 valence electrons. The maximum absolute atomic E-state index is 14.4. The van der Waals surface area contributed by atoms with Gasteiger partial charge >= 0.3 is 6.03 Å². The number of nitrogens with one attached hydrogen (secondary N) is 3. The van der Waals surface area contributed by atoms with Crippen molar-refractivity contribution < 1.29 is 19.1 Å². The van der Waals surface area contributed by atoms with Crippen LogP contribution >= 0.6 is 0 Å². The van der Waals surface area contributed by atoms with Crippen molar-refractivity contribution in [3.05, 3.63) is 35.1 Å². The predicted octanol–water partition coefficient (Wildman–Crippen LogP) is 4.22. The number of aliphatic hydroxyl groups is 1. The van der Waals surface area contributed by atoms with Gasteiger partial charge in [-0.1, -0.05) is 38.2 Å². The number of carbonyl (C=O) groups excluding carboxylic acids is 2. The third kappa shape index (κ3) is 8.67. The third-order valence-electron chi connectivity index (χ3n) is 8.16. The first-order chi connectivity index (χ1) is 17.7. The molecular weight excluding hydrogens is 471 g/mol. The van der Waals surface area contributed by atoms with E-state index in [0.29, 0.717) is 44.0 Å². The Morgan fingerprint density at radius 3 is 2.59 bits per heavy atom. The predicted molar refractivity (Wildman–Crippen MR) is 145 cm³/mol. The van der Waals surface area contributed by atoms with Gasteiger partial charge in [0, 0.05) is 45.1 Å². The largest absolute Gasteiger partial charge is 0.385 e. The van der Waals surface area contributed by atoms with Crippen molar-refractivity contribution in [2.75, 3.05) is 33.2 Å². The van der Waals surface area contributed by atoms with Crippen molar-refractivity contribution in [3.63, 3.8) is 0 Å². The molecule has 3 atom stereocenters. The minimum atomic E-state index is -1.29. The molecular formula is C29H47FN4O3. The number of likely N-dealkylation sites (N-methyl/N-ethyl adjacent to an activating group) is 1. The fraction of sp³-hybridized carbons (Fsp3) is 0.724. The third-order valence-corrected chi connectivity index (χ3v) is 8.16. The lowest BCUT2D eigenvalue weighted by atomic mass is 9.74. The fourth-order valence-corrected chi connectivity index (χ4v) is 6.27. The normalized spacial score (nSPS) is 21.2. The van der Waals surface area contributed by atoms with E-state index in [1.807, 2.05) is 24.9 Å². The van der Waals surface area contributed by atoms with E-state index in [1.165, 1.54) is 51.2 Å². The number of hydrogen-bond donors (Lipinski definition) is 4. The first-order valence-electron chi connectivity index (χ1n) is 14.2. The second kappa shape index (κ2) is 14.1. The van der Waals surface area contributed by atoms with Crippen LogP contribution in [0.5, 0.6) is 0 Å². The standard InChI is InChI=1S/C29H47FN4O3/c1-21-15-25(18-26(30)16-21)29(37,12-8-13-32-22(2)35)24-11-7-14-34(20-24)28(36)33-27(19-31-3)17-23-9-5-4-6-10-23/h15-16,18,23-24,27,31,37H,4-14,17,19-20H2,1-3H3,(H,32,35)(H,33,36). The number of hydrogen-bond acceptors (Lipinski definition) is 4. The highest BCUT2D eigenvalue weighted by molar-refractivity contribution is 5.74. The second-order valence-electron chi connectivity index (χ2n) is 11.3. The van der Waals surface area contributed by atoms with E-state index < -0.39 is 5.60 Å². The summed E-state index contributed by atoms with van der Waals surface area (Å²) in [6.07, 6.45) is 9.78. The number of halogens is 1.